The molecule has 1 aliphatic heterocycles. The van der Waals surface area contributed by atoms with Gasteiger partial charge in [-0.3, -0.25) is 4.79 Å². The number of primary amides is 1. The zero-order chi connectivity index (χ0) is 11.5. The number of fused-ring (bicyclic) bond motifs is 1. The molecule has 0 radical (unpaired) electrons. The molecule has 1 heterocycles. The smallest absolute Gasteiger partial charge is 0.251 e. The van der Waals surface area contributed by atoms with Gasteiger partial charge < -0.3 is 15.8 Å². The number of rotatable bonds is 3. The molecule has 1 aliphatic rings. The van der Waals surface area contributed by atoms with Crippen LogP contribution in [0.5, 0.6) is 0 Å². The van der Waals surface area contributed by atoms with Crippen LogP contribution in [0.3, 0.4) is 0 Å². The van der Waals surface area contributed by atoms with E-state index >= 15 is 0 Å². The Morgan fingerprint density at radius 1 is 1.56 bits per heavy atom. The van der Waals surface area contributed by atoms with Crippen molar-refractivity contribution < 1.29 is 9.53 Å². The van der Waals surface area contributed by atoms with Crippen LogP contribution in [-0.4, -0.2) is 19.6 Å². The van der Waals surface area contributed by atoms with Crippen molar-refractivity contribution in [3.63, 3.8) is 0 Å². The molecule has 16 heavy (non-hydrogen) atoms. The lowest BCUT2D eigenvalue weighted by Crippen LogP contribution is -2.23. The predicted octanol–water partition coefficient (Wildman–Crippen LogP) is 1.22. The fourth-order valence-electron chi connectivity index (χ4n) is 2.07. The van der Waals surface area contributed by atoms with Gasteiger partial charge in [0.1, 0.15) is 0 Å². The van der Waals surface area contributed by atoms with Gasteiger partial charge in [0.25, 0.3) is 5.91 Å². The van der Waals surface area contributed by atoms with E-state index in [0.29, 0.717) is 0 Å². The van der Waals surface area contributed by atoms with Gasteiger partial charge >= 0.3 is 0 Å². The van der Waals surface area contributed by atoms with E-state index in [1.165, 1.54) is 12.7 Å². The Bertz CT molecular complexity index is 404. The average Bonchev–Trinajstić information content (AvgIpc) is 2.29. The van der Waals surface area contributed by atoms with Crippen LogP contribution in [0.25, 0.3) is 0 Å². The number of ether oxygens (including phenoxy) is 1. The normalized spacial score (nSPS) is 16.1. The van der Waals surface area contributed by atoms with Crippen molar-refractivity contribution in [2.75, 3.05) is 19.0 Å². The molecule has 4 heteroatoms. The molecule has 1 aromatic rings. The topological polar surface area (TPSA) is 64.3 Å². The summed E-state index contributed by atoms with van der Waals surface area (Å²) < 4.78 is 5.09. The maximum absolute atomic E-state index is 11.2. The van der Waals surface area contributed by atoms with E-state index in [9.17, 15) is 4.79 Å². The maximum atomic E-state index is 11.2. The van der Waals surface area contributed by atoms with E-state index in [1.54, 1.807) is 0 Å². The molecule has 0 saturated carbocycles. The molecule has 4 nitrogen and oxygen atoms in total. The third-order valence-corrected chi connectivity index (χ3v) is 2.86. The third kappa shape index (κ3) is 2.02. The second kappa shape index (κ2) is 4.53. The van der Waals surface area contributed by atoms with Gasteiger partial charge in [-0.05, 0) is 30.0 Å². The molecule has 3 N–H and O–H groups in total. The van der Waals surface area contributed by atoms with Crippen molar-refractivity contribution >= 4 is 11.6 Å². The minimum Gasteiger partial charge on any atom is -0.385 e. The highest BCUT2D eigenvalue weighted by Crippen LogP contribution is 2.26. The summed E-state index contributed by atoms with van der Waals surface area (Å²) >= 11 is 0. The second-order valence-electron chi connectivity index (χ2n) is 3.97. The first kappa shape index (κ1) is 11.0. The number of carbonyl (C=O) groups excluding carboxylic acids is 1. The molecule has 1 unspecified atom stereocenters. The highest BCUT2D eigenvalue weighted by atomic mass is 16.5. The molecule has 0 bridgehead atoms. The lowest BCUT2D eigenvalue weighted by atomic mass is 9.98. The van der Waals surface area contributed by atoms with Crippen LogP contribution in [0.1, 0.15) is 23.7 Å². The first-order chi connectivity index (χ1) is 7.72. The number of aryl methyl sites for hydroxylation is 1. The summed E-state index contributed by atoms with van der Waals surface area (Å²) in [6.45, 7) is 1.01. The molecule has 1 atom stereocenters. The lowest BCUT2D eigenvalue weighted by Gasteiger charge is -2.20. The predicted molar refractivity (Wildman–Crippen MR) is 62.2 cm³/mol. The van der Waals surface area contributed by atoms with Gasteiger partial charge in [-0.15, -0.1) is 0 Å². The molecule has 0 aromatic heterocycles. The third-order valence-electron chi connectivity index (χ3n) is 2.86. The summed E-state index contributed by atoms with van der Waals surface area (Å²) in [5, 5.41) is 3.32. The van der Waals surface area contributed by atoms with Gasteiger partial charge in [-0.2, -0.15) is 0 Å². The number of hydrogen-bond donors (Lipinski definition) is 2. The highest BCUT2D eigenvalue weighted by molar-refractivity contribution is 5.80. The van der Waals surface area contributed by atoms with Crippen molar-refractivity contribution in [2.24, 2.45) is 5.73 Å². The van der Waals surface area contributed by atoms with Crippen LogP contribution in [0, 0.1) is 0 Å². The molecule has 0 saturated heterocycles. The molecule has 2 rings (SSSR count). The monoisotopic (exact) mass is 220 g/mol. The van der Waals surface area contributed by atoms with Crippen LogP contribution < -0.4 is 11.1 Å². The molecule has 0 fully saturated rings. The van der Waals surface area contributed by atoms with Crippen molar-refractivity contribution in [1.82, 2.24) is 0 Å². The molecule has 0 spiro atoms. The Morgan fingerprint density at radius 3 is 3.06 bits per heavy atom. The number of carbonyl (C=O) groups is 1. The molecular formula is C12H16N2O2. The molecule has 86 valence electrons. The Morgan fingerprint density at radius 2 is 2.38 bits per heavy atom. The van der Waals surface area contributed by atoms with Crippen LogP contribution in [0.4, 0.5) is 5.69 Å². The van der Waals surface area contributed by atoms with Crippen LogP contribution in [0.2, 0.25) is 0 Å². The van der Waals surface area contributed by atoms with Gasteiger partial charge in [-0.25, -0.2) is 0 Å². The Balaban J connectivity index is 2.32. The van der Waals surface area contributed by atoms with Gasteiger partial charge in [0.15, 0.2) is 6.10 Å². The van der Waals surface area contributed by atoms with Gasteiger partial charge in [0.05, 0.1) is 0 Å². The Labute approximate surface area is 94.8 Å². The average molecular weight is 220 g/mol. The summed E-state index contributed by atoms with van der Waals surface area (Å²) in [7, 11) is 1.49. The SMILES string of the molecule is COC(C(N)=O)c1ccc2c(c1)CCCN2. The summed E-state index contributed by atoms with van der Waals surface area (Å²) in [6, 6.07) is 5.87. The van der Waals surface area contributed by atoms with Crippen LogP contribution in [0.15, 0.2) is 18.2 Å². The zero-order valence-corrected chi connectivity index (χ0v) is 9.32. The number of nitrogens with two attached hydrogens (primary N) is 1. The van der Waals surface area contributed by atoms with Crippen LogP contribution >= 0.6 is 0 Å². The van der Waals surface area contributed by atoms with E-state index < -0.39 is 12.0 Å². The van der Waals surface area contributed by atoms with Gasteiger partial charge in [0, 0.05) is 19.3 Å². The van der Waals surface area contributed by atoms with Crippen LogP contribution in [-0.2, 0) is 16.0 Å². The molecular weight excluding hydrogens is 204 g/mol. The number of amides is 1. The number of hydrogen-bond acceptors (Lipinski definition) is 3. The Hall–Kier alpha value is -1.55. The van der Waals surface area contributed by atoms with E-state index in [2.05, 4.69) is 5.32 Å². The second-order valence-corrected chi connectivity index (χ2v) is 3.97. The minimum atomic E-state index is -0.646. The maximum Gasteiger partial charge on any atom is 0.251 e. The summed E-state index contributed by atoms with van der Waals surface area (Å²) in [5.74, 6) is -0.453. The van der Waals surface area contributed by atoms with Crippen molar-refractivity contribution in [1.29, 1.82) is 0 Å². The van der Waals surface area contributed by atoms with Crippen molar-refractivity contribution in [3.05, 3.63) is 29.3 Å². The minimum absolute atomic E-state index is 0.453. The molecule has 0 aliphatic carbocycles. The number of nitrogens with one attached hydrogen (secondary N) is 1. The zero-order valence-electron chi connectivity index (χ0n) is 9.32. The quantitative estimate of drug-likeness (QED) is 0.805. The summed E-state index contributed by atoms with van der Waals surface area (Å²) in [6.07, 6.45) is 1.50. The molecule has 1 aromatic carbocycles. The highest BCUT2D eigenvalue weighted by Gasteiger charge is 2.18. The first-order valence-corrected chi connectivity index (χ1v) is 5.41. The fourth-order valence-corrected chi connectivity index (χ4v) is 2.07. The van der Waals surface area contributed by atoms with E-state index in [-0.39, 0.29) is 0 Å². The molecule has 1 amide bonds. The lowest BCUT2D eigenvalue weighted by molar-refractivity contribution is -0.128. The van der Waals surface area contributed by atoms with E-state index in [4.69, 9.17) is 10.5 Å². The fraction of sp³-hybridized carbons (Fsp3) is 0.417. The van der Waals surface area contributed by atoms with Gasteiger partial charge in [0.2, 0.25) is 0 Å². The number of methoxy groups -OCH3 is 1. The number of benzene rings is 1. The van der Waals surface area contributed by atoms with Gasteiger partial charge in [-0.1, -0.05) is 12.1 Å². The van der Waals surface area contributed by atoms with Crippen molar-refractivity contribution in [2.45, 2.75) is 18.9 Å². The summed E-state index contributed by atoms with van der Waals surface area (Å²) in [4.78, 5) is 11.2. The summed E-state index contributed by atoms with van der Waals surface area (Å²) in [5.41, 5.74) is 8.48. The number of anilines is 1. The Kier molecular flexibility index (Phi) is 3.10. The standard InChI is InChI=1S/C12H16N2O2/c1-16-11(12(13)15)9-4-5-10-8(7-9)3-2-6-14-10/h4-5,7,11,14H,2-3,6H2,1H3,(H2,13,15). The van der Waals surface area contributed by atoms with E-state index in [1.807, 2.05) is 18.2 Å². The first-order valence-electron chi connectivity index (χ1n) is 5.41. The van der Waals surface area contributed by atoms with Crippen molar-refractivity contribution in [3.8, 4) is 0 Å². The van der Waals surface area contributed by atoms with E-state index in [0.717, 1.165) is 30.6 Å². The largest absolute Gasteiger partial charge is 0.385 e.